The predicted octanol–water partition coefficient (Wildman–Crippen LogP) is 4.87. The summed E-state index contributed by atoms with van der Waals surface area (Å²) >= 11 is 0. The van der Waals surface area contributed by atoms with E-state index < -0.39 is 0 Å². The van der Waals surface area contributed by atoms with Crippen molar-refractivity contribution in [2.45, 2.75) is 0 Å². The molecule has 1 aromatic carbocycles. The van der Waals surface area contributed by atoms with Crippen molar-refractivity contribution in [1.29, 1.82) is 0 Å². The Labute approximate surface area is 216 Å². The molecule has 3 N–H and O–H groups in total. The van der Waals surface area contributed by atoms with Gasteiger partial charge < -0.3 is 15.2 Å². The summed E-state index contributed by atoms with van der Waals surface area (Å²) in [5.74, 6) is -0.409. The lowest BCUT2D eigenvalue weighted by Crippen LogP contribution is -2.27. The number of amides is 1. The zero-order chi connectivity index (χ0) is 26.2. The lowest BCUT2D eigenvalue weighted by molar-refractivity contribution is -0.116. The van der Waals surface area contributed by atoms with Gasteiger partial charge >= 0.3 is 0 Å². The van der Waals surface area contributed by atoms with Crippen molar-refractivity contribution in [3.63, 3.8) is 0 Å². The summed E-state index contributed by atoms with van der Waals surface area (Å²) in [6.45, 7) is 0.274. The number of halogens is 1. The molecule has 9 nitrogen and oxygen atoms in total. The van der Waals surface area contributed by atoms with Gasteiger partial charge in [-0.1, -0.05) is 12.1 Å². The molecule has 0 fully saturated rings. The van der Waals surface area contributed by atoms with Crippen LogP contribution in [-0.4, -0.2) is 61.6 Å². The first-order chi connectivity index (χ1) is 18.4. The Morgan fingerprint density at radius 2 is 1.76 bits per heavy atom. The average Bonchev–Trinajstić information content (AvgIpc) is 3.52. The van der Waals surface area contributed by atoms with E-state index in [-0.39, 0.29) is 18.3 Å². The maximum Gasteiger partial charge on any atom is 0.238 e. The van der Waals surface area contributed by atoms with Crippen LogP contribution in [0.1, 0.15) is 0 Å². The predicted molar refractivity (Wildman–Crippen MR) is 145 cm³/mol. The molecule has 0 aliphatic carbocycles. The second kappa shape index (κ2) is 9.49. The van der Waals surface area contributed by atoms with Crippen LogP contribution in [0.5, 0.6) is 0 Å². The molecule has 0 radical (unpaired) electrons. The quantitative estimate of drug-likeness (QED) is 0.297. The van der Waals surface area contributed by atoms with Crippen molar-refractivity contribution in [2.75, 3.05) is 26.0 Å². The van der Waals surface area contributed by atoms with E-state index in [4.69, 9.17) is 4.98 Å². The van der Waals surface area contributed by atoms with Crippen molar-refractivity contribution in [2.24, 2.45) is 0 Å². The van der Waals surface area contributed by atoms with Crippen molar-refractivity contribution < 1.29 is 9.18 Å². The number of aromatic nitrogens is 6. The molecule has 0 aliphatic heterocycles. The highest BCUT2D eigenvalue weighted by Gasteiger charge is 2.16. The molecule has 5 heterocycles. The number of nitrogens with zero attached hydrogens (tertiary/aromatic N) is 5. The third kappa shape index (κ3) is 4.48. The Kier molecular flexibility index (Phi) is 5.85. The summed E-state index contributed by atoms with van der Waals surface area (Å²) in [5.41, 5.74) is 7.55. The minimum absolute atomic E-state index is 0.122. The topological polar surface area (TPSA) is 115 Å². The summed E-state index contributed by atoms with van der Waals surface area (Å²) in [7, 11) is 3.67. The largest absolute Gasteiger partial charge is 0.352 e. The highest BCUT2D eigenvalue weighted by atomic mass is 19.1. The first kappa shape index (κ1) is 23.4. The van der Waals surface area contributed by atoms with E-state index in [0.717, 1.165) is 38.8 Å². The number of H-pyrrole nitrogens is 2. The number of rotatable bonds is 6. The molecular formula is C28H23FN8O. The number of carbonyl (C=O) groups excluding carboxylic acids is 1. The maximum atomic E-state index is 13.5. The fourth-order valence-electron chi connectivity index (χ4n) is 4.42. The molecule has 0 aliphatic rings. The van der Waals surface area contributed by atoms with Crippen LogP contribution in [0.3, 0.4) is 0 Å². The number of pyridine rings is 3. The molecule has 38 heavy (non-hydrogen) atoms. The Bertz CT molecular complexity index is 1790. The number of hydrogen-bond donors (Lipinski definition) is 3. The molecule has 0 saturated carbocycles. The van der Waals surface area contributed by atoms with E-state index in [0.29, 0.717) is 22.6 Å². The van der Waals surface area contributed by atoms with Gasteiger partial charge in [0.25, 0.3) is 0 Å². The van der Waals surface area contributed by atoms with Crippen LogP contribution in [0.25, 0.3) is 55.7 Å². The minimum atomic E-state index is -0.287. The fourth-order valence-corrected chi connectivity index (χ4v) is 4.42. The molecule has 0 atom stereocenters. The van der Waals surface area contributed by atoms with Crippen molar-refractivity contribution in [3.8, 4) is 33.8 Å². The molecule has 10 heteroatoms. The highest BCUT2D eigenvalue weighted by Crippen LogP contribution is 2.33. The van der Waals surface area contributed by atoms with Gasteiger partial charge in [-0.3, -0.25) is 19.9 Å². The Morgan fingerprint density at radius 1 is 0.947 bits per heavy atom. The standard InChI is InChI=1S/C28H23FN8O/c1-37(2)15-26(38)32-19-9-17(11-30-12-19)22-7-8-23-27(34-22)28(36-35-23)24-10-20-21(13-31-14-25(20)33-24)16-3-5-18(29)6-4-16/h3-14,33H,15H2,1-2H3,(H,32,38)(H,35,36). The Morgan fingerprint density at radius 3 is 2.58 bits per heavy atom. The summed E-state index contributed by atoms with van der Waals surface area (Å²) in [6.07, 6.45) is 6.83. The van der Waals surface area contributed by atoms with Crippen LogP contribution in [0.15, 0.2) is 73.3 Å². The molecule has 5 aromatic heterocycles. The number of carbonyl (C=O) groups is 1. The Hall–Kier alpha value is -4.96. The molecule has 0 unspecified atom stereocenters. The van der Waals surface area contributed by atoms with Gasteiger partial charge in [0.2, 0.25) is 5.91 Å². The lowest BCUT2D eigenvalue weighted by Gasteiger charge is -2.10. The zero-order valence-electron chi connectivity index (χ0n) is 20.7. The van der Waals surface area contributed by atoms with E-state index >= 15 is 0 Å². The van der Waals surface area contributed by atoms with Gasteiger partial charge in [0.1, 0.15) is 17.0 Å². The number of hydrogen-bond acceptors (Lipinski definition) is 6. The summed E-state index contributed by atoms with van der Waals surface area (Å²) < 4.78 is 13.5. The molecule has 188 valence electrons. The first-order valence-corrected chi connectivity index (χ1v) is 11.9. The van der Waals surface area contributed by atoms with Gasteiger partial charge in [-0.15, -0.1) is 0 Å². The SMILES string of the molecule is CN(C)CC(=O)Nc1cncc(-c2ccc3[nH]nc(-c4cc5c(-c6ccc(F)cc6)cncc5[nH]4)c3n2)c1. The third-order valence-corrected chi connectivity index (χ3v) is 6.14. The number of fused-ring (bicyclic) bond motifs is 2. The van der Waals surface area contributed by atoms with Crippen LogP contribution in [-0.2, 0) is 4.79 Å². The van der Waals surface area contributed by atoms with Crippen molar-refractivity contribution in [1.82, 2.24) is 35.0 Å². The fraction of sp³-hybridized carbons (Fsp3) is 0.107. The van der Waals surface area contributed by atoms with Crippen LogP contribution in [0, 0.1) is 5.82 Å². The van der Waals surface area contributed by atoms with E-state index in [1.54, 1.807) is 41.8 Å². The van der Waals surface area contributed by atoms with E-state index in [1.165, 1.54) is 12.1 Å². The molecule has 0 bridgehead atoms. The highest BCUT2D eigenvalue weighted by molar-refractivity contribution is 6.00. The first-order valence-electron chi connectivity index (χ1n) is 11.9. The summed E-state index contributed by atoms with van der Waals surface area (Å²) in [4.78, 5) is 30.9. The number of likely N-dealkylation sites (N-methyl/N-ethyl adjacent to an activating group) is 1. The van der Waals surface area contributed by atoms with E-state index in [9.17, 15) is 9.18 Å². The van der Waals surface area contributed by atoms with Crippen molar-refractivity contribution >= 4 is 33.5 Å². The van der Waals surface area contributed by atoms with Crippen molar-refractivity contribution in [3.05, 3.63) is 79.1 Å². The number of aromatic amines is 2. The van der Waals surface area contributed by atoms with Gasteiger partial charge in [-0.05, 0) is 56.1 Å². The minimum Gasteiger partial charge on any atom is -0.352 e. The average molecular weight is 507 g/mol. The van der Waals surface area contributed by atoms with Gasteiger partial charge in [0.05, 0.1) is 47.0 Å². The van der Waals surface area contributed by atoms with Gasteiger partial charge in [-0.2, -0.15) is 5.10 Å². The molecule has 6 rings (SSSR count). The third-order valence-electron chi connectivity index (χ3n) is 6.14. The normalized spacial score (nSPS) is 11.5. The van der Waals surface area contributed by atoms with Crippen LogP contribution >= 0.6 is 0 Å². The van der Waals surface area contributed by atoms with E-state index in [2.05, 4.69) is 30.5 Å². The summed E-state index contributed by atoms with van der Waals surface area (Å²) in [5, 5.41) is 11.4. The molecule has 0 saturated heterocycles. The van der Waals surface area contributed by atoms with Gasteiger partial charge in [0.15, 0.2) is 0 Å². The van der Waals surface area contributed by atoms with Crippen LogP contribution < -0.4 is 5.32 Å². The smallest absolute Gasteiger partial charge is 0.238 e. The monoisotopic (exact) mass is 506 g/mol. The Balaban J connectivity index is 1.38. The molecule has 6 aromatic rings. The molecular weight excluding hydrogens is 483 g/mol. The zero-order valence-corrected chi connectivity index (χ0v) is 20.7. The summed E-state index contributed by atoms with van der Waals surface area (Å²) in [6, 6.07) is 14.0. The second-order valence-electron chi connectivity index (χ2n) is 9.25. The van der Waals surface area contributed by atoms with Gasteiger partial charge in [0, 0.05) is 28.9 Å². The number of benzene rings is 1. The van der Waals surface area contributed by atoms with Gasteiger partial charge in [-0.25, -0.2) is 9.37 Å². The van der Waals surface area contributed by atoms with E-state index in [1.807, 2.05) is 38.4 Å². The van der Waals surface area contributed by atoms with Crippen LogP contribution in [0.2, 0.25) is 0 Å². The van der Waals surface area contributed by atoms with Crippen LogP contribution in [0.4, 0.5) is 10.1 Å². The second-order valence-corrected chi connectivity index (χ2v) is 9.25. The molecule has 1 amide bonds. The maximum absolute atomic E-state index is 13.5. The lowest BCUT2D eigenvalue weighted by atomic mass is 10.0. The number of anilines is 1. The molecule has 0 spiro atoms. The number of nitrogens with one attached hydrogen (secondary N) is 3.